The third-order valence-electron chi connectivity index (χ3n) is 4.69. The highest BCUT2D eigenvalue weighted by Gasteiger charge is 2.42. The molecule has 2 atom stereocenters. The number of allylic oxidation sites excluding steroid dienone is 1. The lowest BCUT2D eigenvalue weighted by molar-refractivity contribution is -0.385. The second kappa shape index (κ2) is 7.87. The molecule has 1 N–H and O–H groups in total. The van der Waals surface area contributed by atoms with Crippen molar-refractivity contribution in [3.8, 4) is 0 Å². The first-order valence-corrected chi connectivity index (χ1v) is 10.1. The van der Waals surface area contributed by atoms with Crippen LogP contribution in [0.4, 0.5) is 5.69 Å². The predicted octanol–water partition coefficient (Wildman–Crippen LogP) is 4.40. The molecule has 2 unspecified atom stereocenters. The molecule has 1 aromatic rings. The van der Waals surface area contributed by atoms with Crippen LogP contribution in [0.2, 0.25) is 0 Å². The van der Waals surface area contributed by atoms with Crippen LogP contribution in [0.25, 0.3) is 0 Å². The van der Waals surface area contributed by atoms with Crippen molar-refractivity contribution in [1.29, 1.82) is 0 Å². The van der Waals surface area contributed by atoms with Crippen molar-refractivity contribution in [1.82, 2.24) is 0 Å². The van der Waals surface area contributed by atoms with Crippen LogP contribution in [0.1, 0.15) is 39.2 Å². The largest absolute Gasteiger partial charge is 0.478 e. The van der Waals surface area contributed by atoms with Gasteiger partial charge in [-0.2, -0.15) is 0 Å². The summed E-state index contributed by atoms with van der Waals surface area (Å²) in [6.07, 6.45) is 1.85. The molecule has 0 bridgehead atoms. The fraction of sp³-hybridized carbons (Fsp3) is 0.444. The lowest BCUT2D eigenvalue weighted by Crippen LogP contribution is -2.34. The van der Waals surface area contributed by atoms with E-state index in [2.05, 4.69) is 18.8 Å². The van der Waals surface area contributed by atoms with E-state index in [1.807, 2.05) is 6.92 Å². The average Bonchev–Trinajstić information content (AvgIpc) is 2.56. The fourth-order valence-corrected chi connectivity index (χ4v) is 6.19. The van der Waals surface area contributed by atoms with Crippen LogP contribution >= 0.6 is 7.92 Å². The van der Waals surface area contributed by atoms with Crippen molar-refractivity contribution in [3.05, 3.63) is 51.2 Å². The number of aliphatic carboxylic acids is 1. The van der Waals surface area contributed by atoms with Crippen molar-refractivity contribution in [2.45, 2.75) is 39.3 Å². The first kappa shape index (κ1) is 19.3. The Bertz CT molecular complexity index is 753. The number of hydrogen-bond acceptors (Lipinski definition) is 4. The number of carboxylic acid groups (broad SMARTS) is 1. The van der Waals surface area contributed by atoms with Crippen molar-refractivity contribution in [2.75, 3.05) is 12.3 Å². The molecule has 1 aliphatic heterocycles. The topological polar surface area (TPSA) is 92.8 Å². The van der Waals surface area contributed by atoms with Gasteiger partial charge >= 0.3 is 5.97 Å². The molecule has 0 radical (unpaired) electrons. The van der Waals surface area contributed by atoms with Gasteiger partial charge in [0.25, 0.3) is 5.69 Å². The zero-order valence-electron chi connectivity index (χ0n) is 14.9. The maximum atomic E-state index is 12.0. The Hall–Kier alpha value is -2.07. The van der Waals surface area contributed by atoms with Crippen molar-refractivity contribution >= 4 is 25.3 Å². The number of carboxylic acids is 1. The van der Waals surface area contributed by atoms with Crippen LogP contribution in [0.15, 0.2) is 40.5 Å². The summed E-state index contributed by atoms with van der Waals surface area (Å²) in [4.78, 5) is 27.6. The van der Waals surface area contributed by atoms with Crippen LogP contribution in [-0.4, -0.2) is 39.7 Å². The highest BCUT2D eigenvalue weighted by atomic mass is 31.1. The van der Waals surface area contributed by atoms with Gasteiger partial charge in [0.1, 0.15) is 0 Å². The number of benzene rings is 1. The van der Waals surface area contributed by atoms with E-state index in [1.165, 1.54) is 6.07 Å². The lowest BCUT2D eigenvalue weighted by atomic mass is 9.82. The van der Waals surface area contributed by atoms with Gasteiger partial charge in [-0.05, 0) is 26.2 Å². The van der Waals surface area contributed by atoms with E-state index < -0.39 is 24.7 Å². The number of nitrogens with zero attached hydrogens (tertiary/aromatic N) is 2. The van der Waals surface area contributed by atoms with E-state index in [9.17, 15) is 20.0 Å². The number of hydrogen-bond donors (Lipinski definition) is 1. The van der Waals surface area contributed by atoms with Gasteiger partial charge in [0.05, 0.1) is 10.5 Å². The molecule has 7 heteroatoms. The predicted molar refractivity (Wildman–Crippen MR) is 101 cm³/mol. The molecule has 25 heavy (non-hydrogen) atoms. The summed E-state index contributed by atoms with van der Waals surface area (Å²) in [6, 6.07) is 6.47. The number of aliphatic imine (C=N–C) groups is 1. The molecule has 1 heterocycles. The molecule has 6 nitrogen and oxygen atoms in total. The first-order chi connectivity index (χ1) is 11.8. The molecule has 2 rings (SSSR count). The quantitative estimate of drug-likeness (QED) is 0.461. The zero-order valence-corrected chi connectivity index (χ0v) is 15.8. The van der Waals surface area contributed by atoms with E-state index in [0.717, 1.165) is 18.0 Å². The summed E-state index contributed by atoms with van der Waals surface area (Å²) in [5.41, 5.74) is 1.84. The van der Waals surface area contributed by atoms with Crippen LogP contribution in [0.3, 0.4) is 0 Å². The van der Waals surface area contributed by atoms with Gasteiger partial charge in [-0.15, -0.1) is 0 Å². The molecule has 0 spiro atoms. The van der Waals surface area contributed by atoms with Crippen molar-refractivity contribution < 1.29 is 14.8 Å². The van der Waals surface area contributed by atoms with E-state index in [-0.39, 0.29) is 16.9 Å². The summed E-state index contributed by atoms with van der Waals surface area (Å²) < 4.78 is 0. The Balaban J connectivity index is 2.76. The van der Waals surface area contributed by atoms with Crippen molar-refractivity contribution in [3.63, 3.8) is 0 Å². The van der Waals surface area contributed by atoms with Gasteiger partial charge in [0.2, 0.25) is 0 Å². The number of rotatable bonds is 6. The molecule has 1 aromatic carbocycles. The lowest BCUT2D eigenvalue weighted by Gasteiger charge is -2.37. The molecular formula is C18H23N2O4P. The smallest absolute Gasteiger partial charge is 0.334 e. The summed E-state index contributed by atoms with van der Waals surface area (Å²) in [7, 11) is -0.530. The van der Waals surface area contributed by atoms with E-state index in [0.29, 0.717) is 11.3 Å². The first-order valence-electron chi connectivity index (χ1n) is 8.30. The van der Waals surface area contributed by atoms with E-state index in [4.69, 9.17) is 0 Å². The van der Waals surface area contributed by atoms with E-state index >= 15 is 0 Å². The van der Waals surface area contributed by atoms with Gasteiger partial charge in [0, 0.05) is 34.6 Å². The highest BCUT2D eigenvalue weighted by Crippen LogP contribution is 2.53. The second-order valence-corrected chi connectivity index (χ2v) is 9.02. The Morgan fingerprint density at radius 1 is 1.28 bits per heavy atom. The molecule has 0 saturated carbocycles. The van der Waals surface area contributed by atoms with Crippen LogP contribution < -0.4 is 0 Å². The van der Waals surface area contributed by atoms with Gasteiger partial charge in [-0.25, -0.2) is 4.79 Å². The maximum Gasteiger partial charge on any atom is 0.334 e. The molecule has 0 aliphatic carbocycles. The summed E-state index contributed by atoms with van der Waals surface area (Å²) >= 11 is 0. The second-order valence-electron chi connectivity index (χ2n) is 6.02. The van der Waals surface area contributed by atoms with Gasteiger partial charge in [-0.3, -0.25) is 15.1 Å². The standard InChI is InChI=1S/C18H23N2O4P/c1-5-25(6-2)17-12(4)19-11(3)15(18(21)22)16(17)13-9-7-8-10-14(13)20(23)24/h7-10,16-17H,5-6H2,1-4H3,(H,21,22). The summed E-state index contributed by atoms with van der Waals surface area (Å²) in [6.45, 7) is 7.76. The van der Waals surface area contributed by atoms with Crippen LogP contribution in [-0.2, 0) is 4.79 Å². The Morgan fingerprint density at radius 3 is 2.40 bits per heavy atom. The third kappa shape index (κ3) is 3.64. The Labute approximate surface area is 148 Å². The monoisotopic (exact) mass is 362 g/mol. The summed E-state index contributed by atoms with van der Waals surface area (Å²) in [5.74, 6) is -1.59. The molecule has 134 valence electrons. The fourth-order valence-electron chi connectivity index (χ4n) is 3.64. The minimum absolute atomic E-state index is 0.0269. The van der Waals surface area contributed by atoms with Crippen LogP contribution in [0.5, 0.6) is 0 Å². The van der Waals surface area contributed by atoms with Crippen LogP contribution in [0, 0.1) is 10.1 Å². The average molecular weight is 362 g/mol. The van der Waals surface area contributed by atoms with Gasteiger partial charge in [-0.1, -0.05) is 40.0 Å². The number of nitro groups is 1. The molecule has 0 amide bonds. The number of para-hydroxylation sites is 1. The molecule has 0 saturated heterocycles. The van der Waals surface area contributed by atoms with Gasteiger partial charge < -0.3 is 5.11 Å². The Kier molecular flexibility index (Phi) is 6.07. The Morgan fingerprint density at radius 2 is 1.88 bits per heavy atom. The molecule has 1 aliphatic rings. The third-order valence-corrected chi connectivity index (χ3v) is 7.78. The zero-order chi connectivity index (χ0) is 18.7. The SMILES string of the molecule is CCP(CC)C1C(C)=NC(C)=C(C(=O)O)C1c1ccccc1[N+](=O)[O-]. The molecule has 0 aromatic heterocycles. The normalized spacial score (nSPS) is 20.6. The minimum atomic E-state index is -1.05. The summed E-state index contributed by atoms with van der Waals surface area (Å²) in [5, 5.41) is 21.3. The van der Waals surface area contributed by atoms with Crippen molar-refractivity contribution in [2.24, 2.45) is 4.99 Å². The number of nitro benzene ring substituents is 1. The highest BCUT2D eigenvalue weighted by molar-refractivity contribution is 7.59. The number of carbonyl (C=O) groups is 1. The molecule has 0 fully saturated rings. The minimum Gasteiger partial charge on any atom is -0.478 e. The molecular weight excluding hydrogens is 339 g/mol. The van der Waals surface area contributed by atoms with E-state index in [1.54, 1.807) is 25.1 Å². The van der Waals surface area contributed by atoms with Gasteiger partial charge in [0.15, 0.2) is 0 Å². The maximum absolute atomic E-state index is 12.0.